The van der Waals surface area contributed by atoms with Gasteiger partial charge in [0.25, 0.3) is 0 Å². The Bertz CT molecular complexity index is 811. The molecule has 0 unspecified atom stereocenters. The minimum atomic E-state index is 0.0393. The van der Waals surface area contributed by atoms with Gasteiger partial charge in [-0.2, -0.15) is 0 Å². The van der Waals surface area contributed by atoms with Crippen molar-refractivity contribution in [1.29, 1.82) is 0 Å². The van der Waals surface area contributed by atoms with Crippen molar-refractivity contribution in [2.24, 2.45) is 0 Å². The molecule has 2 nitrogen and oxygen atoms in total. The zero-order chi connectivity index (χ0) is 16.1. The monoisotopic (exact) mass is 321 g/mol. The summed E-state index contributed by atoms with van der Waals surface area (Å²) in [6, 6.07) is 22.6. The number of fused-ring (bicyclic) bond motifs is 1. The van der Waals surface area contributed by atoms with E-state index in [9.17, 15) is 4.79 Å². The second kappa shape index (κ2) is 7.34. The van der Waals surface area contributed by atoms with Crippen molar-refractivity contribution < 1.29 is 4.79 Å². The molecule has 0 aliphatic rings. The number of rotatable bonds is 5. The van der Waals surface area contributed by atoms with Crippen LogP contribution in [0.1, 0.15) is 11.1 Å². The molecule has 0 fully saturated rings. The van der Waals surface area contributed by atoms with Gasteiger partial charge in [0.1, 0.15) is 0 Å². The molecule has 116 valence electrons. The van der Waals surface area contributed by atoms with E-state index in [1.165, 1.54) is 16.5 Å². The number of aryl methyl sites for hydroxylation is 1. The van der Waals surface area contributed by atoms with Crippen molar-refractivity contribution in [3.05, 3.63) is 77.9 Å². The topological polar surface area (TPSA) is 29.1 Å². The molecule has 23 heavy (non-hydrogen) atoms. The first-order valence-corrected chi connectivity index (χ1v) is 8.78. The summed E-state index contributed by atoms with van der Waals surface area (Å²) < 4.78 is 0. The molecule has 0 aliphatic carbocycles. The van der Waals surface area contributed by atoms with Crippen LogP contribution in [0.15, 0.2) is 66.7 Å². The minimum Gasteiger partial charge on any atom is -0.325 e. The van der Waals surface area contributed by atoms with Gasteiger partial charge < -0.3 is 5.32 Å². The van der Waals surface area contributed by atoms with Gasteiger partial charge in [-0.25, -0.2) is 0 Å². The molecular weight excluding hydrogens is 302 g/mol. The maximum absolute atomic E-state index is 12.1. The quantitative estimate of drug-likeness (QED) is 0.715. The number of benzene rings is 3. The number of nitrogens with one attached hydrogen (secondary N) is 1. The van der Waals surface area contributed by atoms with E-state index in [1.807, 2.05) is 30.3 Å². The molecule has 3 aromatic rings. The molecule has 0 spiro atoms. The molecule has 0 atom stereocenters. The Morgan fingerprint density at radius 1 is 0.957 bits per heavy atom. The van der Waals surface area contributed by atoms with Crippen molar-refractivity contribution in [2.45, 2.75) is 12.7 Å². The van der Waals surface area contributed by atoms with Gasteiger partial charge in [-0.3, -0.25) is 4.79 Å². The van der Waals surface area contributed by atoms with Crippen molar-refractivity contribution in [2.75, 3.05) is 11.1 Å². The van der Waals surface area contributed by atoms with E-state index in [-0.39, 0.29) is 5.91 Å². The van der Waals surface area contributed by atoms with Crippen LogP contribution in [0.3, 0.4) is 0 Å². The van der Waals surface area contributed by atoms with E-state index in [1.54, 1.807) is 11.8 Å². The van der Waals surface area contributed by atoms with E-state index in [4.69, 9.17) is 0 Å². The second-order valence-corrected chi connectivity index (χ2v) is 6.57. The summed E-state index contributed by atoms with van der Waals surface area (Å²) in [5, 5.41) is 5.29. The van der Waals surface area contributed by atoms with Crippen LogP contribution in [0.4, 0.5) is 5.69 Å². The average Bonchev–Trinajstić information content (AvgIpc) is 2.56. The highest BCUT2D eigenvalue weighted by Gasteiger charge is 2.04. The standard InChI is InChI=1S/C20H19NOS/c1-15-6-8-16(9-7-15)13-23-14-20(22)21-19-11-10-17-4-2-3-5-18(17)12-19/h2-12H,13-14H2,1H3,(H,21,22). The molecule has 0 heterocycles. The first-order valence-electron chi connectivity index (χ1n) is 7.63. The van der Waals surface area contributed by atoms with Crippen LogP contribution >= 0.6 is 11.8 Å². The Morgan fingerprint density at radius 2 is 1.70 bits per heavy atom. The fourth-order valence-electron chi connectivity index (χ4n) is 2.41. The highest BCUT2D eigenvalue weighted by Crippen LogP contribution is 2.19. The first-order chi connectivity index (χ1) is 11.2. The Balaban J connectivity index is 1.53. The number of hydrogen-bond acceptors (Lipinski definition) is 2. The van der Waals surface area contributed by atoms with Crippen LogP contribution in [0.2, 0.25) is 0 Å². The van der Waals surface area contributed by atoms with Crippen LogP contribution in [0.5, 0.6) is 0 Å². The van der Waals surface area contributed by atoms with Gasteiger partial charge in [0.2, 0.25) is 5.91 Å². The lowest BCUT2D eigenvalue weighted by atomic mass is 10.1. The summed E-state index contributed by atoms with van der Waals surface area (Å²) in [7, 11) is 0. The van der Waals surface area contributed by atoms with Crippen LogP contribution in [-0.4, -0.2) is 11.7 Å². The lowest BCUT2D eigenvalue weighted by Gasteiger charge is -2.07. The fraction of sp³-hybridized carbons (Fsp3) is 0.150. The van der Waals surface area contributed by atoms with Crippen LogP contribution < -0.4 is 5.32 Å². The van der Waals surface area contributed by atoms with Crippen molar-refractivity contribution >= 4 is 34.1 Å². The Labute approximate surface area is 140 Å². The molecule has 0 saturated heterocycles. The summed E-state index contributed by atoms with van der Waals surface area (Å²) in [6.45, 7) is 2.08. The van der Waals surface area contributed by atoms with Crippen molar-refractivity contribution in [3.63, 3.8) is 0 Å². The van der Waals surface area contributed by atoms with Gasteiger partial charge in [-0.05, 0) is 35.4 Å². The van der Waals surface area contributed by atoms with Gasteiger partial charge in [0.05, 0.1) is 5.75 Å². The summed E-state index contributed by atoms with van der Waals surface area (Å²) in [5.74, 6) is 1.35. The molecule has 0 bridgehead atoms. The fourth-order valence-corrected chi connectivity index (χ4v) is 3.20. The lowest BCUT2D eigenvalue weighted by molar-refractivity contribution is -0.113. The van der Waals surface area contributed by atoms with Gasteiger partial charge in [-0.1, -0.05) is 60.2 Å². The zero-order valence-electron chi connectivity index (χ0n) is 13.1. The normalized spacial score (nSPS) is 10.7. The number of hydrogen-bond donors (Lipinski definition) is 1. The zero-order valence-corrected chi connectivity index (χ0v) is 13.9. The Morgan fingerprint density at radius 3 is 2.48 bits per heavy atom. The van der Waals surface area contributed by atoms with Gasteiger partial charge in [-0.15, -0.1) is 11.8 Å². The third-order valence-electron chi connectivity index (χ3n) is 3.66. The summed E-state index contributed by atoms with van der Waals surface area (Å²) in [5.41, 5.74) is 3.36. The third-order valence-corrected chi connectivity index (χ3v) is 4.66. The van der Waals surface area contributed by atoms with Crippen molar-refractivity contribution in [1.82, 2.24) is 0 Å². The summed E-state index contributed by atoms with van der Waals surface area (Å²) in [4.78, 5) is 12.1. The Kier molecular flexibility index (Phi) is 4.99. The highest BCUT2D eigenvalue weighted by molar-refractivity contribution is 7.99. The molecule has 0 saturated carbocycles. The maximum Gasteiger partial charge on any atom is 0.234 e. The van der Waals surface area contributed by atoms with Crippen LogP contribution in [-0.2, 0) is 10.5 Å². The number of amides is 1. The second-order valence-electron chi connectivity index (χ2n) is 5.59. The molecule has 3 rings (SSSR count). The average molecular weight is 321 g/mol. The van der Waals surface area contributed by atoms with E-state index >= 15 is 0 Å². The number of anilines is 1. The molecule has 0 aliphatic heterocycles. The Hall–Kier alpha value is -2.26. The van der Waals surface area contributed by atoms with Crippen LogP contribution in [0, 0.1) is 6.92 Å². The van der Waals surface area contributed by atoms with E-state index < -0.39 is 0 Å². The van der Waals surface area contributed by atoms with Gasteiger partial charge in [0, 0.05) is 11.4 Å². The van der Waals surface area contributed by atoms with Gasteiger partial charge >= 0.3 is 0 Å². The SMILES string of the molecule is Cc1ccc(CSCC(=O)Nc2ccc3ccccc3c2)cc1. The summed E-state index contributed by atoms with van der Waals surface area (Å²) >= 11 is 1.63. The predicted octanol–water partition coefficient (Wildman–Crippen LogP) is 5.02. The summed E-state index contributed by atoms with van der Waals surface area (Å²) in [6.07, 6.45) is 0. The first kappa shape index (κ1) is 15.6. The molecule has 3 heteroatoms. The lowest BCUT2D eigenvalue weighted by Crippen LogP contribution is -2.14. The molecule has 3 aromatic carbocycles. The molecule has 0 radical (unpaired) electrons. The largest absolute Gasteiger partial charge is 0.325 e. The molecular formula is C20H19NOS. The van der Waals surface area contributed by atoms with E-state index in [2.05, 4.69) is 48.6 Å². The predicted molar refractivity (Wildman–Crippen MR) is 99.9 cm³/mol. The minimum absolute atomic E-state index is 0.0393. The van der Waals surface area contributed by atoms with E-state index in [0.29, 0.717) is 5.75 Å². The molecule has 1 amide bonds. The maximum atomic E-state index is 12.1. The number of carbonyl (C=O) groups is 1. The van der Waals surface area contributed by atoms with Gasteiger partial charge in [0.15, 0.2) is 0 Å². The van der Waals surface area contributed by atoms with E-state index in [0.717, 1.165) is 16.8 Å². The smallest absolute Gasteiger partial charge is 0.234 e. The molecule has 0 aromatic heterocycles. The van der Waals surface area contributed by atoms with Crippen molar-refractivity contribution in [3.8, 4) is 0 Å². The molecule has 1 N–H and O–H groups in total. The highest BCUT2D eigenvalue weighted by atomic mass is 32.2. The number of carbonyl (C=O) groups excluding carboxylic acids is 1. The third kappa shape index (κ3) is 4.36. The number of thioether (sulfide) groups is 1. The van der Waals surface area contributed by atoms with Crippen LogP contribution in [0.25, 0.3) is 10.8 Å².